The van der Waals surface area contributed by atoms with Crippen LogP contribution in [0.1, 0.15) is 15.9 Å². The Morgan fingerprint density at radius 2 is 2.21 bits per heavy atom. The summed E-state index contributed by atoms with van der Waals surface area (Å²) < 4.78 is 5.54. The zero-order valence-corrected chi connectivity index (χ0v) is 10.8. The number of nitrogens with one attached hydrogen (secondary N) is 1. The first kappa shape index (κ1) is 13.1. The number of aryl methyl sites for hydroxylation is 1. The number of amides is 1. The molecule has 19 heavy (non-hydrogen) atoms. The molecule has 0 bridgehead atoms. The first-order valence-corrected chi connectivity index (χ1v) is 6.13. The van der Waals surface area contributed by atoms with Crippen molar-refractivity contribution in [3.8, 4) is 5.75 Å². The summed E-state index contributed by atoms with van der Waals surface area (Å²) >= 11 is 0. The topological polar surface area (TPSA) is 51.2 Å². The van der Waals surface area contributed by atoms with E-state index in [2.05, 4.69) is 10.3 Å². The average molecular weight is 256 g/mol. The van der Waals surface area contributed by atoms with Crippen molar-refractivity contribution in [2.75, 3.05) is 13.2 Å². The summed E-state index contributed by atoms with van der Waals surface area (Å²) in [5.41, 5.74) is 1.70. The zero-order chi connectivity index (χ0) is 13.5. The molecule has 0 unspecified atom stereocenters. The molecule has 0 spiro atoms. The molecule has 1 heterocycles. The van der Waals surface area contributed by atoms with Gasteiger partial charge in [0.1, 0.15) is 12.4 Å². The van der Waals surface area contributed by atoms with E-state index in [0.29, 0.717) is 18.7 Å². The van der Waals surface area contributed by atoms with Crippen LogP contribution in [0.2, 0.25) is 0 Å². The number of hydrogen-bond donors (Lipinski definition) is 1. The van der Waals surface area contributed by atoms with Crippen LogP contribution in [0.15, 0.2) is 48.8 Å². The second-order valence-electron chi connectivity index (χ2n) is 4.16. The lowest BCUT2D eigenvalue weighted by Gasteiger charge is -2.08. The highest BCUT2D eigenvalue weighted by molar-refractivity contribution is 5.93. The third-order valence-electron chi connectivity index (χ3n) is 2.57. The zero-order valence-electron chi connectivity index (χ0n) is 10.8. The number of rotatable bonds is 5. The van der Waals surface area contributed by atoms with Gasteiger partial charge in [0.15, 0.2) is 0 Å². The number of carbonyl (C=O) groups is 1. The molecule has 1 aromatic heterocycles. The lowest BCUT2D eigenvalue weighted by Crippen LogP contribution is -2.28. The maximum atomic E-state index is 11.7. The highest BCUT2D eigenvalue weighted by Gasteiger charge is 2.03. The molecule has 2 rings (SSSR count). The van der Waals surface area contributed by atoms with Crippen LogP contribution in [0, 0.1) is 6.92 Å². The Bertz CT molecular complexity index is 541. The van der Waals surface area contributed by atoms with Gasteiger partial charge in [0.05, 0.1) is 12.1 Å². The number of nitrogens with zero attached hydrogens (tertiary/aromatic N) is 1. The summed E-state index contributed by atoms with van der Waals surface area (Å²) in [5, 5.41) is 2.78. The number of ether oxygens (including phenoxy) is 1. The van der Waals surface area contributed by atoms with Crippen molar-refractivity contribution in [1.29, 1.82) is 0 Å². The van der Waals surface area contributed by atoms with Crippen LogP contribution >= 0.6 is 0 Å². The summed E-state index contributed by atoms with van der Waals surface area (Å²) in [4.78, 5) is 15.6. The molecule has 98 valence electrons. The van der Waals surface area contributed by atoms with Gasteiger partial charge >= 0.3 is 0 Å². The Hall–Kier alpha value is -2.36. The van der Waals surface area contributed by atoms with Crippen molar-refractivity contribution in [1.82, 2.24) is 10.3 Å². The molecule has 0 fully saturated rings. The van der Waals surface area contributed by atoms with Crippen LogP contribution in [0.3, 0.4) is 0 Å². The second-order valence-corrected chi connectivity index (χ2v) is 4.16. The molecule has 0 aliphatic carbocycles. The summed E-state index contributed by atoms with van der Waals surface area (Å²) in [6, 6.07) is 11.3. The summed E-state index contributed by atoms with van der Waals surface area (Å²) in [6.07, 6.45) is 3.17. The SMILES string of the molecule is Cc1cccc(OCCNC(=O)c2cccnc2)c1. The minimum absolute atomic E-state index is 0.138. The van der Waals surface area contributed by atoms with Crippen molar-refractivity contribution in [2.45, 2.75) is 6.92 Å². The standard InChI is InChI=1S/C15H16N2O2/c1-12-4-2-6-14(10-12)19-9-8-17-15(18)13-5-3-7-16-11-13/h2-7,10-11H,8-9H2,1H3,(H,17,18). The summed E-state index contributed by atoms with van der Waals surface area (Å²) in [6.45, 7) is 2.91. The van der Waals surface area contributed by atoms with Gasteiger partial charge in [-0.1, -0.05) is 12.1 Å². The molecule has 0 radical (unpaired) electrons. The molecule has 4 nitrogen and oxygen atoms in total. The fourth-order valence-corrected chi connectivity index (χ4v) is 1.64. The van der Waals surface area contributed by atoms with E-state index in [1.54, 1.807) is 18.3 Å². The molecule has 0 aliphatic heterocycles. The van der Waals surface area contributed by atoms with Gasteiger partial charge in [0.2, 0.25) is 0 Å². The number of carbonyl (C=O) groups excluding carboxylic acids is 1. The van der Waals surface area contributed by atoms with Gasteiger partial charge in [0, 0.05) is 12.4 Å². The predicted molar refractivity (Wildman–Crippen MR) is 73.2 cm³/mol. The third kappa shape index (κ3) is 4.10. The smallest absolute Gasteiger partial charge is 0.252 e. The third-order valence-corrected chi connectivity index (χ3v) is 2.57. The molecule has 0 saturated heterocycles. The van der Waals surface area contributed by atoms with Crippen molar-refractivity contribution in [2.24, 2.45) is 0 Å². The van der Waals surface area contributed by atoms with Gasteiger partial charge < -0.3 is 10.1 Å². The van der Waals surface area contributed by atoms with Gasteiger partial charge in [0.25, 0.3) is 5.91 Å². The van der Waals surface area contributed by atoms with Crippen LogP contribution in [-0.2, 0) is 0 Å². The van der Waals surface area contributed by atoms with Gasteiger partial charge in [-0.05, 0) is 36.8 Å². The lowest BCUT2D eigenvalue weighted by molar-refractivity contribution is 0.0946. The highest BCUT2D eigenvalue weighted by Crippen LogP contribution is 2.11. The summed E-state index contributed by atoms with van der Waals surface area (Å²) in [5.74, 6) is 0.677. The van der Waals surface area contributed by atoms with Gasteiger partial charge in [-0.15, -0.1) is 0 Å². The fraction of sp³-hybridized carbons (Fsp3) is 0.200. The maximum absolute atomic E-state index is 11.7. The molecule has 0 aliphatic rings. The molecular weight excluding hydrogens is 240 g/mol. The normalized spacial score (nSPS) is 9.95. The molecule has 1 amide bonds. The molecular formula is C15H16N2O2. The van der Waals surface area contributed by atoms with E-state index in [9.17, 15) is 4.79 Å². The number of benzene rings is 1. The van der Waals surface area contributed by atoms with Crippen LogP contribution in [-0.4, -0.2) is 24.0 Å². The molecule has 1 aromatic carbocycles. The van der Waals surface area contributed by atoms with Gasteiger partial charge in [-0.25, -0.2) is 0 Å². The monoisotopic (exact) mass is 256 g/mol. The van der Waals surface area contributed by atoms with E-state index in [4.69, 9.17) is 4.74 Å². The van der Waals surface area contributed by atoms with Gasteiger partial charge in [-0.3, -0.25) is 9.78 Å². The van der Waals surface area contributed by atoms with Crippen molar-refractivity contribution >= 4 is 5.91 Å². The number of pyridine rings is 1. The van der Waals surface area contributed by atoms with Gasteiger partial charge in [-0.2, -0.15) is 0 Å². The largest absolute Gasteiger partial charge is 0.492 e. The van der Waals surface area contributed by atoms with E-state index in [1.165, 1.54) is 6.20 Å². The Morgan fingerprint density at radius 3 is 2.95 bits per heavy atom. The molecule has 2 aromatic rings. The lowest BCUT2D eigenvalue weighted by atomic mass is 10.2. The first-order chi connectivity index (χ1) is 9.25. The Balaban J connectivity index is 1.74. The molecule has 1 N–H and O–H groups in total. The van der Waals surface area contributed by atoms with E-state index in [0.717, 1.165) is 11.3 Å². The van der Waals surface area contributed by atoms with E-state index in [1.807, 2.05) is 31.2 Å². The Labute approximate surface area is 112 Å². The van der Waals surface area contributed by atoms with Crippen molar-refractivity contribution < 1.29 is 9.53 Å². The van der Waals surface area contributed by atoms with Crippen molar-refractivity contribution in [3.05, 3.63) is 59.9 Å². The van der Waals surface area contributed by atoms with Crippen molar-refractivity contribution in [3.63, 3.8) is 0 Å². The quantitative estimate of drug-likeness (QED) is 0.834. The van der Waals surface area contributed by atoms with Crippen LogP contribution in [0.4, 0.5) is 0 Å². The predicted octanol–water partition coefficient (Wildman–Crippen LogP) is 2.20. The van der Waals surface area contributed by atoms with E-state index >= 15 is 0 Å². The highest BCUT2D eigenvalue weighted by atomic mass is 16.5. The first-order valence-electron chi connectivity index (χ1n) is 6.13. The van der Waals surface area contributed by atoms with Crippen LogP contribution < -0.4 is 10.1 Å². The summed E-state index contributed by atoms with van der Waals surface area (Å²) in [7, 11) is 0. The number of aromatic nitrogens is 1. The second kappa shape index (κ2) is 6.54. The Morgan fingerprint density at radius 1 is 1.32 bits per heavy atom. The van der Waals surface area contributed by atoms with Crippen LogP contribution in [0.25, 0.3) is 0 Å². The van der Waals surface area contributed by atoms with Crippen LogP contribution in [0.5, 0.6) is 5.75 Å². The Kier molecular flexibility index (Phi) is 4.50. The number of hydrogen-bond acceptors (Lipinski definition) is 3. The average Bonchev–Trinajstić information content (AvgIpc) is 2.44. The minimum atomic E-state index is -0.138. The molecule has 0 saturated carbocycles. The minimum Gasteiger partial charge on any atom is -0.492 e. The molecule has 4 heteroatoms. The van der Waals surface area contributed by atoms with E-state index < -0.39 is 0 Å². The molecule has 0 atom stereocenters. The van der Waals surface area contributed by atoms with E-state index in [-0.39, 0.29) is 5.91 Å². The fourth-order valence-electron chi connectivity index (χ4n) is 1.64. The maximum Gasteiger partial charge on any atom is 0.252 e.